The van der Waals surface area contributed by atoms with E-state index in [1.165, 1.54) is 0 Å². The standard InChI is InChI=1S/C15H18Cl2O3/c1-4-20-15(19)14(9(2)3)13(18)7-10-5-6-11(16)8-12(10)17/h5-6,8-9,14H,4,7H2,1-3H3. The van der Waals surface area contributed by atoms with Gasteiger partial charge in [0, 0.05) is 16.5 Å². The van der Waals surface area contributed by atoms with Gasteiger partial charge in [-0.3, -0.25) is 9.59 Å². The minimum absolute atomic E-state index is 0.0949. The molecule has 1 unspecified atom stereocenters. The Hall–Kier alpha value is -1.06. The van der Waals surface area contributed by atoms with Crippen molar-refractivity contribution >= 4 is 35.0 Å². The lowest BCUT2D eigenvalue weighted by molar-refractivity contribution is -0.153. The first kappa shape index (κ1) is 17.0. The molecule has 0 amide bonds. The molecule has 0 aliphatic heterocycles. The van der Waals surface area contributed by atoms with Crippen molar-refractivity contribution in [2.24, 2.45) is 11.8 Å². The van der Waals surface area contributed by atoms with Crippen molar-refractivity contribution in [1.29, 1.82) is 0 Å². The first-order chi connectivity index (χ1) is 9.36. The average Bonchev–Trinajstić information content (AvgIpc) is 2.32. The number of Topliss-reactive ketones (excluding diaryl/α,β-unsaturated/α-hetero) is 1. The predicted octanol–water partition coefficient (Wildman–Crippen LogP) is 3.94. The van der Waals surface area contributed by atoms with Gasteiger partial charge in [0.05, 0.1) is 6.61 Å². The fourth-order valence-electron chi connectivity index (χ4n) is 1.97. The number of hydrogen-bond acceptors (Lipinski definition) is 3. The highest BCUT2D eigenvalue weighted by Gasteiger charge is 2.31. The van der Waals surface area contributed by atoms with Gasteiger partial charge < -0.3 is 4.74 Å². The van der Waals surface area contributed by atoms with Crippen molar-refractivity contribution in [3.8, 4) is 0 Å². The highest BCUT2D eigenvalue weighted by Crippen LogP contribution is 2.24. The topological polar surface area (TPSA) is 43.4 Å². The van der Waals surface area contributed by atoms with Crippen LogP contribution in [0.15, 0.2) is 18.2 Å². The molecule has 1 aromatic rings. The van der Waals surface area contributed by atoms with E-state index < -0.39 is 11.9 Å². The molecule has 5 heteroatoms. The van der Waals surface area contributed by atoms with Gasteiger partial charge in [-0.25, -0.2) is 0 Å². The maximum Gasteiger partial charge on any atom is 0.316 e. The SMILES string of the molecule is CCOC(=O)C(C(=O)Cc1ccc(Cl)cc1Cl)C(C)C. The molecule has 0 spiro atoms. The van der Waals surface area contributed by atoms with Gasteiger partial charge in [0.2, 0.25) is 0 Å². The van der Waals surface area contributed by atoms with Crippen LogP contribution in [0.3, 0.4) is 0 Å². The Morgan fingerprint density at radius 3 is 2.40 bits per heavy atom. The number of ether oxygens (including phenoxy) is 1. The van der Waals surface area contributed by atoms with Crippen LogP contribution in [-0.2, 0) is 20.7 Å². The van der Waals surface area contributed by atoms with Gasteiger partial charge in [0.15, 0.2) is 5.78 Å². The fraction of sp³-hybridized carbons (Fsp3) is 0.467. The molecule has 0 saturated carbocycles. The van der Waals surface area contributed by atoms with E-state index in [2.05, 4.69) is 0 Å². The Kier molecular flexibility index (Phi) is 6.50. The summed E-state index contributed by atoms with van der Waals surface area (Å²) in [4.78, 5) is 24.2. The monoisotopic (exact) mass is 316 g/mol. The van der Waals surface area contributed by atoms with E-state index in [1.54, 1.807) is 25.1 Å². The van der Waals surface area contributed by atoms with E-state index in [1.807, 2.05) is 13.8 Å². The Labute approximate surface area is 129 Å². The van der Waals surface area contributed by atoms with Crippen LogP contribution in [0, 0.1) is 11.8 Å². The van der Waals surface area contributed by atoms with Crippen LogP contribution in [-0.4, -0.2) is 18.4 Å². The molecule has 0 heterocycles. The zero-order chi connectivity index (χ0) is 15.3. The van der Waals surface area contributed by atoms with E-state index in [0.29, 0.717) is 15.6 Å². The maximum atomic E-state index is 12.3. The van der Waals surface area contributed by atoms with Gasteiger partial charge in [0.25, 0.3) is 0 Å². The average molecular weight is 317 g/mol. The third-order valence-corrected chi connectivity index (χ3v) is 3.52. The minimum Gasteiger partial charge on any atom is -0.465 e. The lowest BCUT2D eigenvalue weighted by Crippen LogP contribution is -2.31. The molecule has 1 rings (SSSR count). The van der Waals surface area contributed by atoms with Crippen LogP contribution in [0.4, 0.5) is 0 Å². The lowest BCUT2D eigenvalue weighted by Gasteiger charge is -2.18. The van der Waals surface area contributed by atoms with E-state index >= 15 is 0 Å². The largest absolute Gasteiger partial charge is 0.465 e. The number of rotatable bonds is 6. The van der Waals surface area contributed by atoms with Gasteiger partial charge in [0.1, 0.15) is 5.92 Å². The summed E-state index contributed by atoms with van der Waals surface area (Å²) >= 11 is 11.9. The molecule has 0 N–H and O–H groups in total. The van der Waals surface area contributed by atoms with E-state index in [4.69, 9.17) is 27.9 Å². The second-order valence-corrected chi connectivity index (χ2v) is 5.70. The lowest BCUT2D eigenvalue weighted by atomic mass is 9.88. The zero-order valence-electron chi connectivity index (χ0n) is 11.8. The highest BCUT2D eigenvalue weighted by atomic mass is 35.5. The van der Waals surface area contributed by atoms with Crippen molar-refractivity contribution in [2.45, 2.75) is 27.2 Å². The summed E-state index contributed by atoms with van der Waals surface area (Å²) in [5.41, 5.74) is 0.663. The molecule has 0 radical (unpaired) electrons. The van der Waals surface area contributed by atoms with Gasteiger partial charge in [-0.05, 0) is 30.5 Å². The number of carbonyl (C=O) groups is 2. The van der Waals surface area contributed by atoms with E-state index in [9.17, 15) is 9.59 Å². The van der Waals surface area contributed by atoms with Crippen LogP contribution in [0.1, 0.15) is 26.3 Å². The first-order valence-electron chi connectivity index (χ1n) is 6.50. The Balaban J connectivity index is 2.88. The van der Waals surface area contributed by atoms with Gasteiger partial charge in [-0.2, -0.15) is 0 Å². The fourth-order valence-corrected chi connectivity index (χ4v) is 2.45. The number of ketones is 1. The van der Waals surface area contributed by atoms with Crippen molar-refractivity contribution in [3.63, 3.8) is 0 Å². The predicted molar refractivity (Wildman–Crippen MR) is 80.1 cm³/mol. The first-order valence-corrected chi connectivity index (χ1v) is 7.25. The summed E-state index contributed by atoms with van der Waals surface area (Å²) in [5.74, 6) is -1.55. The number of benzene rings is 1. The molecule has 0 bridgehead atoms. The van der Waals surface area contributed by atoms with Crippen molar-refractivity contribution < 1.29 is 14.3 Å². The second kappa shape index (κ2) is 7.65. The normalized spacial score (nSPS) is 12.3. The van der Waals surface area contributed by atoms with Crippen molar-refractivity contribution in [2.75, 3.05) is 6.61 Å². The van der Waals surface area contributed by atoms with Crippen LogP contribution in [0.2, 0.25) is 10.0 Å². The summed E-state index contributed by atoms with van der Waals surface area (Å²) in [6.45, 7) is 5.62. The molecule has 0 aromatic heterocycles. The van der Waals surface area contributed by atoms with Crippen molar-refractivity contribution in [1.82, 2.24) is 0 Å². The van der Waals surface area contributed by atoms with Gasteiger partial charge in [-0.15, -0.1) is 0 Å². The molecule has 0 saturated heterocycles. The number of halogens is 2. The Morgan fingerprint density at radius 1 is 1.25 bits per heavy atom. The maximum absolute atomic E-state index is 12.3. The third kappa shape index (κ3) is 4.50. The Bertz CT molecular complexity index is 498. The summed E-state index contributed by atoms with van der Waals surface area (Å²) in [5, 5.41) is 0.939. The van der Waals surface area contributed by atoms with Crippen LogP contribution in [0.25, 0.3) is 0 Å². The third-order valence-electron chi connectivity index (χ3n) is 2.93. The number of esters is 1. The van der Waals surface area contributed by atoms with E-state index in [0.717, 1.165) is 0 Å². The van der Waals surface area contributed by atoms with Crippen LogP contribution in [0.5, 0.6) is 0 Å². The molecule has 20 heavy (non-hydrogen) atoms. The van der Waals surface area contributed by atoms with Crippen LogP contribution >= 0.6 is 23.2 Å². The van der Waals surface area contributed by atoms with Gasteiger partial charge in [-0.1, -0.05) is 43.1 Å². The molecule has 1 atom stereocenters. The molecule has 1 aromatic carbocycles. The summed E-state index contributed by atoms with van der Waals surface area (Å²) < 4.78 is 4.96. The molecular formula is C15H18Cl2O3. The summed E-state index contributed by atoms with van der Waals surface area (Å²) in [6.07, 6.45) is 0.0949. The molecule has 110 valence electrons. The molecule has 0 fully saturated rings. The minimum atomic E-state index is -0.762. The molecule has 0 aliphatic rings. The highest BCUT2D eigenvalue weighted by molar-refractivity contribution is 6.35. The quantitative estimate of drug-likeness (QED) is 0.589. The molecule has 3 nitrogen and oxygen atoms in total. The van der Waals surface area contributed by atoms with Crippen LogP contribution < -0.4 is 0 Å². The van der Waals surface area contributed by atoms with Crippen molar-refractivity contribution in [3.05, 3.63) is 33.8 Å². The second-order valence-electron chi connectivity index (χ2n) is 4.85. The summed E-state index contributed by atoms with van der Waals surface area (Å²) in [6, 6.07) is 4.95. The molecule has 0 aliphatic carbocycles. The summed E-state index contributed by atoms with van der Waals surface area (Å²) in [7, 11) is 0. The zero-order valence-corrected chi connectivity index (χ0v) is 13.3. The molecular weight excluding hydrogens is 299 g/mol. The van der Waals surface area contributed by atoms with Gasteiger partial charge >= 0.3 is 5.97 Å². The Morgan fingerprint density at radius 2 is 1.90 bits per heavy atom. The van der Waals surface area contributed by atoms with E-state index in [-0.39, 0.29) is 24.7 Å². The number of hydrogen-bond donors (Lipinski definition) is 0. The number of carbonyl (C=O) groups excluding carboxylic acids is 2. The smallest absolute Gasteiger partial charge is 0.316 e.